The van der Waals surface area contributed by atoms with E-state index in [0.717, 1.165) is 44.8 Å². The van der Waals surface area contributed by atoms with Crippen molar-refractivity contribution in [3.05, 3.63) is 165 Å². The van der Waals surface area contributed by atoms with Crippen LogP contribution >= 0.6 is 0 Å². The Morgan fingerprint density at radius 3 is 1.76 bits per heavy atom. The number of hydrogen-bond acceptors (Lipinski definition) is 5. The van der Waals surface area contributed by atoms with Gasteiger partial charge < -0.3 is 25.1 Å². The van der Waals surface area contributed by atoms with Crippen LogP contribution in [-0.2, 0) is 26.3 Å². The number of nitrogens with zero attached hydrogens (tertiary/aromatic N) is 1. The third-order valence-electron chi connectivity index (χ3n) is 7.85. The largest absolute Gasteiger partial charge is 0.489 e. The molecule has 226 valence electrons. The zero-order valence-electron chi connectivity index (χ0n) is 25.6. The highest BCUT2D eigenvalue weighted by Crippen LogP contribution is 2.31. The molecule has 0 aliphatic heterocycles. The molecule has 3 N–H and O–H groups in total. The number of benzene rings is 5. The van der Waals surface area contributed by atoms with Gasteiger partial charge in [-0.05, 0) is 55.3 Å². The average molecular weight is 596 g/mol. The first-order valence-corrected chi connectivity index (χ1v) is 15.1. The molecule has 1 aromatic heterocycles. The van der Waals surface area contributed by atoms with Crippen molar-refractivity contribution in [2.45, 2.75) is 40.2 Å². The van der Waals surface area contributed by atoms with Crippen molar-refractivity contribution >= 4 is 22.3 Å². The van der Waals surface area contributed by atoms with E-state index >= 15 is 0 Å². The van der Waals surface area contributed by atoms with Crippen molar-refractivity contribution in [3.63, 3.8) is 0 Å². The minimum atomic E-state index is -0.219. The average Bonchev–Trinajstić information content (AvgIpc) is 3.03. The molecule has 0 unspecified atom stereocenters. The van der Waals surface area contributed by atoms with E-state index in [4.69, 9.17) is 15.2 Å². The lowest BCUT2D eigenvalue weighted by Gasteiger charge is -2.27. The van der Waals surface area contributed by atoms with Crippen LogP contribution in [0.3, 0.4) is 0 Å². The molecule has 0 aliphatic carbocycles. The van der Waals surface area contributed by atoms with Gasteiger partial charge in [0.15, 0.2) is 0 Å². The summed E-state index contributed by atoms with van der Waals surface area (Å²) in [5.41, 5.74) is 15.0. The van der Waals surface area contributed by atoms with Gasteiger partial charge in [0.05, 0.1) is 5.52 Å². The maximum Gasteiger partial charge on any atom is 0.250 e. The molecule has 0 saturated heterocycles. The van der Waals surface area contributed by atoms with Crippen LogP contribution in [0.4, 0.5) is 11.4 Å². The van der Waals surface area contributed by atoms with Crippen molar-refractivity contribution < 1.29 is 9.47 Å². The molecule has 6 heteroatoms. The quantitative estimate of drug-likeness (QED) is 0.158. The fourth-order valence-corrected chi connectivity index (χ4v) is 5.59. The first kappa shape index (κ1) is 29.6. The first-order chi connectivity index (χ1) is 21.9. The van der Waals surface area contributed by atoms with E-state index in [1.807, 2.05) is 54.6 Å². The minimum absolute atomic E-state index is 0.219. The van der Waals surface area contributed by atoms with E-state index in [-0.39, 0.29) is 5.56 Å². The van der Waals surface area contributed by atoms with Crippen molar-refractivity contribution in [2.75, 3.05) is 10.6 Å². The van der Waals surface area contributed by atoms with Gasteiger partial charge in [0.2, 0.25) is 5.56 Å². The Balaban J connectivity index is 1.33. The summed E-state index contributed by atoms with van der Waals surface area (Å²) < 4.78 is 12.8. The standard InChI is InChI=1S/C39H37N3O3/c1-27-9-7-11-29(19-27)25-44-37-15-5-3-13-31(37)23-42(33-17-18-36-34(21-33)35(40)22-39(43)41-36)24-32-14-4-6-16-38(32)45-26-30-12-8-10-28(2)20-30/h3-22H,23-26H2,1-2H3,(H3,40,41,43). The second-order valence-electron chi connectivity index (χ2n) is 11.4. The number of pyridine rings is 1. The molecular formula is C39H37N3O3. The number of ether oxygens (including phenoxy) is 2. The summed E-state index contributed by atoms with van der Waals surface area (Å²) in [6, 6.07) is 40.5. The maximum absolute atomic E-state index is 12.1. The zero-order valence-corrected chi connectivity index (χ0v) is 25.6. The van der Waals surface area contributed by atoms with Gasteiger partial charge in [-0.15, -0.1) is 0 Å². The molecule has 0 fully saturated rings. The molecular weight excluding hydrogens is 558 g/mol. The Bertz CT molecular complexity index is 1900. The zero-order chi connectivity index (χ0) is 31.2. The molecule has 6 rings (SSSR count). The molecule has 6 nitrogen and oxygen atoms in total. The third-order valence-corrected chi connectivity index (χ3v) is 7.85. The van der Waals surface area contributed by atoms with Crippen LogP contribution in [0.2, 0.25) is 0 Å². The topological polar surface area (TPSA) is 80.6 Å². The number of nitrogen functional groups attached to an aromatic ring is 1. The summed E-state index contributed by atoms with van der Waals surface area (Å²) in [5, 5.41) is 0.796. The van der Waals surface area contributed by atoms with Crippen molar-refractivity contribution in [2.24, 2.45) is 0 Å². The lowest BCUT2D eigenvalue weighted by atomic mass is 10.1. The minimum Gasteiger partial charge on any atom is -0.489 e. The van der Waals surface area contributed by atoms with Crippen LogP contribution in [0.25, 0.3) is 10.9 Å². The molecule has 0 radical (unpaired) electrons. The fraction of sp³-hybridized carbons (Fsp3) is 0.154. The number of anilines is 2. The summed E-state index contributed by atoms with van der Waals surface area (Å²) in [7, 11) is 0. The van der Waals surface area contributed by atoms with Gasteiger partial charge in [0, 0.05) is 47.0 Å². The van der Waals surface area contributed by atoms with E-state index in [1.54, 1.807) is 0 Å². The van der Waals surface area contributed by atoms with Crippen LogP contribution in [0, 0.1) is 13.8 Å². The Hall–Kier alpha value is -5.49. The number of nitrogens with one attached hydrogen (secondary N) is 1. The number of H-pyrrole nitrogens is 1. The summed E-state index contributed by atoms with van der Waals surface area (Å²) in [6.45, 7) is 6.28. The van der Waals surface area contributed by atoms with E-state index in [1.165, 1.54) is 17.2 Å². The monoisotopic (exact) mass is 595 g/mol. The summed E-state index contributed by atoms with van der Waals surface area (Å²) in [4.78, 5) is 17.2. The third kappa shape index (κ3) is 7.36. The van der Waals surface area contributed by atoms with Gasteiger partial charge in [0.25, 0.3) is 0 Å². The molecule has 0 atom stereocenters. The van der Waals surface area contributed by atoms with Gasteiger partial charge in [-0.1, -0.05) is 96.1 Å². The van der Waals surface area contributed by atoms with Gasteiger partial charge in [0.1, 0.15) is 24.7 Å². The number of fused-ring (bicyclic) bond motifs is 1. The van der Waals surface area contributed by atoms with E-state index in [0.29, 0.717) is 37.5 Å². The molecule has 6 aromatic rings. The van der Waals surface area contributed by atoms with Crippen LogP contribution < -0.4 is 25.7 Å². The van der Waals surface area contributed by atoms with Gasteiger partial charge >= 0.3 is 0 Å². The highest BCUT2D eigenvalue weighted by molar-refractivity contribution is 5.92. The molecule has 0 spiro atoms. The Kier molecular flexibility index (Phi) is 8.83. The molecule has 0 amide bonds. The van der Waals surface area contributed by atoms with Crippen LogP contribution in [-0.4, -0.2) is 4.98 Å². The summed E-state index contributed by atoms with van der Waals surface area (Å²) >= 11 is 0. The van der Waals surface area contributed by atoms with E-state index < -0.39 is 0 Å². The maximum atomic E-state index is 12.1. The number of para-hydroxylation sites is 2. The predicted octanol–water partition coefficient (Wildman–Crippen LogP) is 8.09. The van der Waals surface area contributed by atoms with Gasteiger partial charge in [-0.3, -0.25) is 4.79 Å². The predicted molar refractivity (Wildman–Crippen MR) is 183 cm³/mol. The molecule has 0 aliphatic rings. The number of aryl methyl sites for hydroxylation is 2. The Morgan fingerprint density at radius 2 is 1.20 bits per heavy atom. The normalized spacial score (nSPS) is 11.0. The molecule has 1 heterocycles. The SMILES string of the molecule is Cc1cccc(COc2ccccc2CN(Cc2ccccc2OCc2cccc(C)c2)c2ccc3[nH]c(=O)cc(N)c3c2)c1. The highest BCUT2D eigenvalue weighted by atomic mass is 16.5. The Labute approximate surface area is 263 Å². The van der Waals surface area contributed by atoms with Crippen LogP contribution in [0.5, 0.6) is 11.5 Å². The number of nitrogens with two attached hydrogens (primary N) is 1. The smallest absolute Gasteiger partial charge is 0.250 e. The van der Waals surface area contributed by atoms with Crippen molar-refractivity contribution in [1.29, 1.82) is 0 Å². The number of aromatic amines is 1. The number of aromatic nitrogens is 1. The number of rotatable bonds is 11. The van der Waals surface area contributed by atoms with Crippen molar-refractivity contribution in [3.8, 4) is 11.5 Å². The molecule has 0 saturated carbocycles. The number of hydrogen-bond donors (Lipinski definition) is 2. The summed E-state index contributed by atoms with van der Waals surface area (Å²) in [6.07, 6.45) is 0. The lowest BCUT2D eigenvalue weighted by molar-refractivity contribution is 0.301. The fourth-order valence-electron chi connectivity index (χ4n) is 5.59. The van der Waals surface area contributed by atoms with E-state index in [2.05, 4.69) is 84.4 Å². The highest BCUT2D eigenvalue weighted by Gasteiger charge is 2.16. The lowest BCUT2D eigenvalue weighted by Crippen LogP contribution is -2.23. The van der Waals surface area contributed by atoms with Crippen LogP contribution in [0.1, 0.15) is 33.4 Å². The summed E-state index contributed by atoms with van der Waals surface area (Å²) in [5.74, 6) is 1.66. The second-order valence-corrected chi connectivity index (χ2v) is 11.4. The Morgan fingerprint density at radius 1 is 0.644 bits per heavy atom. The van der Waals surface area contributed by atoms with Crippen LogP contribution in [0.15, 0.2) is 126 Å². The van der Waals surface area contributed by atoms with Crippen molar-refractivity contribution in [1.82, 2.24) is 4.98 Å². The van der Waals surface area contributed by atoms with Gasteiger partial charge in [-0.25, -0.2) is 0 Å². The first-order valence-electron chi connectivity index (χ1n) is 15.1. The second kappa shape index (κ2) is 13.4. The molecule has 5 aromatic carbocycles. The molecule has 45 heavy (non-hydrogen) atoms. The van der Waals surface area contributed by atoms with Gasteiger partial charge in [-0.2, -0.15) is 0 Å². The molecule has 0 bridgehead atoms. The van der Waals surface area contributed by atoms with E-state index in [9.17, 15) is 4.79 Å².